The summed E-state index contributed by atoms with van der Waals surface area (Å²) < 4.78 is 0. The Morgan fingerprint density at radius 2 is 1.97 bits per heavy atom. The number of hydrogen-bond donors (Lipinski definition) is 1. The van der Waals surface area contributed by atoms with Crippen LogP contribution in [0.2, 0.25) is 0 Å². The van der Waals surface area contributed by atoms with E-state index in [0.717, 1.165) is 51.0 Å². The number of aryl methyl sites for hydroxylation is 1. The molecule has 156 valence electrons. The normalized spacial score (nSPS) is 17.4. The van der Waals surface area contributed by atoms with Crippen molar-refractivity contribution in [3.05, 3.63) is 69.6 Å². The number of H-pyrrole nitrogens is 1. The van der Waals surface area contributed by atoms with Gasteiger partial charge in [0.15, 0.2) is 0 Å². The minimum absolute atomic E-state index is 0.150. The molecule has 1 N–H and O–H groups in total. The number of piperidine rings is 1. The van der Waals surface area contributed by atoms with Crippen molar-refractivity contribution in [2.75, 3.05) is 26.7 Å². The van der Waals surface area contributed by atoms with E-state index in [1.807, 2.05) is 33.0 Å². The van der Waals surface area contributed by atoms with Crippen LogP contribution in [0.15, 0.2) is 47.3 Å². The largest absolute Gasteiger partial charge is 0.337 e. The van der Waals surface area contributed by atoms with Crippen LogP contribution in [0.4, 0.5) is 0 Å². The summed E-state index contributed by atoms with van der Waals surface area (Å²) in [5, 5.41) is 0. The highest BCUT2D eigenvalue weighted by atomic mass is 16.2. The summed E-state index contributed by atoms with van der Waals surface area (Å²) in [7, 11) is 1.83. The van der Waals surface area contributed by atoms with Crippen LogP contribution >= 0.6 is 0 Å². The molecule has 29 heavy (non-hydrogen) atoms. The maximum Gasteiger partial charge on any atom is 0.261 e. The van der Waals surface area contributed by atoms with Gasteiger partial charge >= 0.3 is 0 Å². The summed E-state index contributed by atoms with van der Waals surface area (Å²) in [6.07, 6.45) is 4.26. The van der Waals surface area contributed by atoms with E-state index in [1.165, 1.54) is 5.56 Å². The number of carbonyl (C=O) groups is 1. The molecule has 2 heterocycles. The van der Waals surface area contributed by atoms with E-state index in [0.29, 0.717) is 0 Å². The van der Waals surface area contributed by atoms with Gasteiger partial charge in [-0.3, -0.25) is 9.59 Å². The van der Waals surface area contributed by atoms with Gasteiger partial charge in [0.2, 0.25) is 0 Å². The van der Waals surface area contributed by atoms with Crippen LogP contribution in [0.1, 0.15) is 60.6 Å². The van der Waals surface area contributed by atoms with Gasteiger partial charge in [0.05, 0.1) is 0 Å². The highest BCUT2D eigenvalue weighted by Gasteiger charge is 2.27. The van der Waals surface area contributed by atoms with E-state index in [1.54, 1.807) is 11.0 Å². The molecule has 5 nitrogen and oxygen atoms in total. The predicted octanol–water partition coefficient (Wildman–Crippen LogP) is 3.67. The molecule has 0 bridgehead atoms. The molecule has 1 aromatic heterocycles. The first kappa shape index (κ1) is 21.3. The number of aromatic nitrogens is 1. The lowest BCUT2D eigenvalue weighted by Gasteiger charge is -2.37. The lowest BCUT2D eigenvalue weighted by Crippen LogP contribution is -2.49. The number of amides is 1. The van der Waals surface area contributed by atoms with Crippen molar-refractivity contribution in [1.29, 1.82) is 0 Å². The van der Waals surface area contributed by atoms with Crippen molar-refractivity contribution in [2.45, 2.75) is 51.5 Å². The molecule has 2 aromatic rings. The summed E-state index contributed by atoms with van der Waals surface area (Å²) in [5.41, 5.74) is 2.18. The van der Waals surface area contributed by atoms with E-state index >= 15 is 0 Å². The third-order valence-corrected chi connectivity index (χ3v) is 5.92. The second kappa shape index (κ2) is 9.88. The maximum absolute atomic E-state index is 12.9. The summed E-state index contributed by atoms with van der Waals surface area (Å²) in [6.45, 7) is 7.04. The van der Waals surface area contributed by atoms with Gasteiger partial charge < -0.3 is 14.8 Å². The monoisotopic (exact) mass is 395 g/mol. The van der Waals surface area contributed by atoms with Crippen LogP contribution in [0, 0.1) is 0 Å². The molecule has 1 fully saturated rings. The molecule has 0 radical (unpaired) electrons. The summed E-state index contributed by atoms with van der Waals surface area (Å²) >= 11 is 0. The third kappa shape index (κ3) is 5.57. The Balaban J connectivity index is 1.56. The van der Waals surface area contributed by atoms with Gasteiger partial charge in [0.1, 0.15) is 5.56 Å². The number of pyridine rings is 1. The maximum atomic E-state index is 12.9. The average molecular weight is 396 g/mol. The molecule has 1 aliphatic heterocycles. The minimum Gasteiger partial charge on any atom is -0.337 e. The van der Waals surface area contributed by atoms with E-state index in [9.17, 15) is 9.59 Å². The summed E-state index contributed by atoms with van der Waals surface area (Å²) in [6, 6.07) is 14.2. The Hall–Kier alpha value is -2.40. The van der Waals surface area contributed by atoms with Crippen molar-refractivity contribution < 1.29 is 4.79 Å². The van der Waals surface area contributed by atoms with Crippen molar-refractivity contribution in [3.8, 4) is 0 Å². The molecular formula is C24H33N3O2. The number of nitrogens with zero attached hydrogens (tertiary/aromatic N) is 2. The van der Waals surface area contributed by atoms with E-state index in [2.05, 4.69) is 34.1 Å². The second-order valence-electron chi connectivity index (χ2n) is 8.41. The van der Waals surface area contributed by atoms with Crippen LogP contribution in [0.3, 0.4) is 0 Å². The number of aromatic amines is 1. The molecule has 1 aromatic carbocycles. The van der Waals surface area contributed by atoms with E-state index in [-0.39, 0.29) is 29.0 Å². The van der Waals surface area contributed by atoms with E-state index in [4.69, 9.17) is 0 Å². The second-order valence-corrected chi connectivity index (χ2v) is 8.41. The first-order valence-electron chi connectivity index (χ1n) is 10.7. The standard InChI is InChI=1S/C24H33N3O2/c1-18(2)22-14-13-21(23(28)25-22)24(29)26(3)20-12-8-16-27(17-20)15-7-11-19-9-5-4-6-10-19/h4-6,9-10,13-14,18,20H,7-8,11-12,15-17H2,1-3H3,(H,25,28)/t20-/m0/s1. The van der Waals surface area contributed by atoms with Gasteiger partial charge in [-0.2, -0.15) is 0 Å². The molecule has 5 heteroatoms. The smallest absolute Gasteiger partial charge is 0.261 e. The number of likely N-dealkylation sites (tertiary alicyclic amines) is 1. The molecule has 1 amide bonds. The van der Waals surface area contributed by atoms with E-state index < -0.39 is 0 Å². The average Bonchev–Trinajstić information content (AvgIpc) is 2.73. The lowest BCUT2D eigenvalue weighted by atomic mass is 10.0. The Morgan fingerprint density at radius 3 is 2.66 bits per heavy atom. The SMILES string of the molecule is CC(C)c1ccc(C(=O)N(C)[C@H]2CCCN(CCCc3ccccc3)C2)c(=O)[nH]1. The van der Waals surface area contributed by atoms with Crippen LogP contribution in [0.25, 0.3) is 0 Å². The lowest BCUT2D eigenvalue weighted by molar-refractivity contribution is 0.0615. The molecule has 0 saturated carbocycles. The van der Waals surface area contributed by atoms with Gasteiger partial charge in [-0.25, -0.2) is 0 Å². The number of carbonyl (C=O) groups excluding carboxylic acids is 1. The Bertz CT molecular complexity index is 860. The van der Waals surface area contributed by atoms with Crippen molar-refractivity contribution in [2.24, 2.45) is 0 Å². The Kier molecular flexibility index (Phi) is 7.26. The summed E-state index contributed by atoms with van der Waals surface area (Å²) in [5.74, 6) is 0.0464. The zero-order chi connectivity index (χ0) is 20.8. The Labute approximate surface area is 173 Å². The molecule has 3 rings (SSSR count). The van der Waals surface area contributed by atoms with Crippen LogP contribution in [0.5, 0.6) is 0 Å². The van der Waals surface area contributed by atoms with Gasteiger partial charge in [-0.05, 0) is 62.4 Å². The molecule has 1 aliphatic rings. The number of likely N-dealkylation sites (N-methyl/N-ethyl adjacent to an activating group) is 1. The van der Waals surface area contributed by atoms with Crippen LogP contribution in [-0.4, -0.2) is 53.4 Å². The molecule has 1 atom stereocenters. The molecule has 1 saturated heterocycles. The number of rotatable bonds is 7. The van der Waals surface area contributed by atoms with Gasteiger partial charge in [0.25, 0.3) is 11.5 Å². The molecule has 0 unspecified atom stereocenters. The predicted molar refractivity (Wildman–Crippen MR) is 117 cm³/mol. The zero-order valence-corrected chi connectivity index (χ0v) is 17.9. The Morgan fingerprint density at radius 1 is 1.21 bits per heavy atom. The highest BCUT2D eigenvalue weighted by molar-refractivity contribution is 5.93. The molecule has 0 spiro atoms. The number of hydrogen-bond acceptors (Lipinski definition) is 3. The van der Waals surface area contributed by atoms with Crippen molar-refractivity contribution in [3.63, 3.8) is 0 Å². The quantitative estimate of drug-likeness (QED) is 0.778. The fourth-order valence-corrected chi connectivity index (χ4v) is 4.05. The van der Waals surface area contributed by atoms with Gasteiger partial charge in [0, 0.05) is 25.3 Å². The minimum atomic E-state index is -0.288. The van der Waals surface area contributed by atoms with Crippen molar-refractivity contribution >= 4 is 5.91 Å². The third-order valence-electron chi connectivity index (χ3n) is 5.92. The number of nitrogens with one attached hydrogen (secondary N) is 1. The first-order valence-corrected chi connectivity index (χ1v) is 10.7. The van der Waals surface area contributed by atoms with Gasteiger partial charge in [-0.15, -0.1) is 0 Å². The topological polar surface area (TPSA) is 56.4 Å². The van der Waals surface area contributed by atoms with Crippen molar-refractivity contribution in [1.82, 2.24) is 14.8 Å². The summed E-state index contributed by atoms with van der Waals surface area (Å²) in [4.78, 5) is 32.4. The number of benzene rings is 1. The van der Waals surface area contributed by atoms with Gasteiger partial charge in [-0.1, -0.05) is 44.2 Å². The van der Waals surface area contributed by atoms with Crippen LogP contribution in [-0.2, 0) is 6.42 Å². The fourth-order valence-electron chi connectivity index (χ4n) is 4.05. The van der Waals surface area contributed by atoms with Crippen LogP contribution < -0.4 is 5.56 Å². The molecule has 0 aliphatic carbocycles. The first-order chi connectivity index (χ1) is 14.0. The zero-order valence-electron chi connectivity index (χ0n) is 17.9. The highest BCUT2D eigenvalue weighted by Crippen LogP contribution is 2.18. The molecular weight excluding hydrogens is 362 g/mol. The fraction of sp³-hybridized carbons (Fsp3) is 0.500.